The first kappa shape index (κ1) is 23.7. The van der Waals surface area contributed by atoms with E-state index >= 15 is 0 Å². The van der Waals surface area contributed by atoms with E-state index in [4.69, 9.17) is 9.47 Å². The predicted molar refractivity (Wildman–Crippen MR) is 118 cm³/mol. The quantitative estimate of drug-likeness (QED) is 0.293. The molecule has 0 heterocycles. The number of thioether (sulfide) groups is 1. The first-order chi connectivity index (χ1) is 12.3. The third kappa shape index (κ3) is 9.46. The van der Waals surface area contributed by atoms with Crippen LogP contribution in [0.3, 0.4) is 0 Å². The number of aliphatic imine (C=N–C) groups is 1. The molecule has 0 unspecified atom stereocenters. The molecule has 0 aromatic heterocycles. The van der Waals surface area contributed by atoms with Crippen molar-refractivity contribution in [3.05, 3.63) is 33.4 Å². The number of carbonyl (C=O) groups excluding carboxylic acids is 2. The SMILES string of the molecule is CS/C(=N/C(=O)OC(C)(C)C)N(Cc1ccc(I)cc1)C(=O)OC(C)(C)C. The molecule has 150 valence electrons. The van der Waals surface area contributed by atoms with Crippen LogP contribution in [0, 0.1) is 3.57 Å². The van der Waals surface area contributed by atoms with Crippen molar-refractivity contribution >= 4 is 51.7 Å². The summed E-state index contributed by atoms with van der Waals surface area (Å²) in [5, 5.41) is 0.219. The molecule has 2 amide bonds. The van der Waals surface area contributed by atoms with Gasteiger partial charge in [-0.1, -0.05) is 23.9 Å². The summed E-state index contributed by atoms with van der Waals surface area (Å²) < 4.78 is 11.8. The van der Waals surface area contributed by atoms with Gasteiger partial charge in [-0.2, -0.15) is 4.99 Å². The Morgan fingerprint density at radius 1 is 1.04 bits per heavy atom. The first-order valence-corrected chi connectivity index (χ1v) is 10.7. The molecule has 0 saturated heterocycles. The van der Waals surface area contributed by atoms with Gasteiger partial charge in [0.25, 0.3) is 0 Å². The maximum atomic E-state index is 12.8. The third-order valence-electron chi connectivity index (χ3n) is 2.86. The molecular formula is C19H27IN2O4S. The Bertz CT molecular complexity index is 691. The third-order valence-corrected chi connectivity index (χ3v) is 4.26. The number of amidine groups is 1. The lowest BCUT2D eigenvalue weighted by molar-refractivity contribution is 0.0363. The number of nitrogens with zero attached hydrogens (tertiary/aromatic N) is 2. The summed E-state index contributed by atoms with van der Waals surface area (Å²) in [6.45, 7) is 10.9. The molecule has 8 heteroatoms. The van der Waals surface area contributed by atoms with Crippen molar-refractivity contribution in [1.82, 2.24) is 4.90 Å². The highest BCUT2D eigenvalue weighted by Gasteiger charge is 2.27. The molecular weight excluding hydrogens is 479 g/mol. The number of halogens is 1. The molecule has 0 aliphatic carbocycles. The van der Waals surface area contributed by atoms with E-state index in [-0.39, 0.29) is 11.7 Å². The van der Waals surface area contributed by atoms with E-state index in [2.05, 4.69) is 27.6 Å². The Morgan fingerprint density at radius 3 is 2.00 bits per heavy atom. The zero-order valence-electron chi connectivity index (χ0n) is 16.8. The standard InChI is InChI=1S/C19H27IN2O4S/c1-18(2,3)25-16(23)21-15(27-7)22(17(24)26-19(4,5)6)12-13-8-10-14(20)11-9-13/h8-11H,12H2,1-7H3/b21-15+. The van der Waals surface area contributed by atoms with Gasteiger partial charge in [0.15, 0.2) is 5.17 Å². The Hall–Kier alpha value is -1.29. The van der Waals surface area contributed by atoms with Gasteiger partial charge in [-0.15, -0.1) is 0 Å². The second-order valence-corrected chi connectivity index (χ2v) is 9.79. The lowest BCUT2D eigenvalue weighted by atomic mass is 10.2. The maximum absolute atomic E-state index is 12.8. The summed E-state index contributed by atoms with van der Waals surface area (Å²) in [5.41, 5.74) is -0.444. The minimum atomic E-state index is -0.747. The molecule has 1 aromatic rings. The van der Waals surface area contributed by atoms with E-state index in [1.165, 1.54) is 16.7 Å². The molecule has 0 bridgehead atoms. The number of benzene rings is 1. The highest BCUT2D eigenvalue weighted by molar-refractivity contribution is 14.1. The summed E-state index contributed by atoms with van der Waals surface area (Å²) in [6, 6.07) is 7.75. The number of carbonyl (C=O) groups is 2. The normalized spacial score (nSPS) is 12.5. The minimum absolute atomic E-state index is 0.219. The molecule has 1 rings (SSSR count). The van der Waals surface area contributed by atoms with Crippen LogP contribution in [0.2, 0.25) is 0 Å². The first-order valence-electron chi connectivity index (χ1n) is 8.41. The molecule has 0 fully saturated rings. The summed E-state index contributed by atoms with van der Waals surface area (Å²) in [6.07, 6.45) is 0.426. The average molecular weight is 506 g/mol. The van der Waals surface area contributed by atoms with Gasteiger partial charge in [0, 0.05) is 3.57 Å². The van der Waals surface area contributed by atoms with E-state index in [1.807, 2.05) is 24.3 Å². The minimum Gasteiger partial charge on any atom is -0.443 e. The fourth-order valence-electron chi connectivity index (χ4n) is 1.88. The van der Waals surface area contributed by atoms with Gasteiger partial charge in [0.2, 0.25) is 0 Å². The molecule has 0 aliphatic rings. The molecule has 1 aromatic carbocycles. The topological polar surface area (TPSA) is 68.2 Å². The van der Waals surface area contributed by atoms with Crippen LogP contribution in [0.5, 0.6) is 0 Å². The van der Waals surface area contributed by atoms with Crippen molar-refractivity contribution in [3.8, 4) is 0 Å². The Balaban J connectivity index is 3.17. The molecule has 27 heavy (non-hydrogen) atoms. The number of rotatable bonds is 2. The highest BCUT2D eigenvalue weighted by Crippen LogP contribution is 2.19. The van der Waals surface area contributed by atoms with E-state index in [1.54, 1.807) is 47.8 Å². The van der Waals surface area contributed by atoms with Crippen molar-refractivity contribution in [3.63, 3.8) is 0 Å². The molecule has 0 saturated carbocycles. The summed E-state index contributed by atoms with van der Waals surface area (Å²) in [7, 11) is 0. The van der Waals surface area contributed by atoms with Gasteiger partial charge in [-0.05, 0) is 88.1 Å². The molecule has 0 atom stereocenters. The lowest BCUT2D eigenvalue weighted by Crippen LogP contribution is -2.39. The van der Waals surface area contributed by atoms with Crippen LogP contribution in [0.25, 0.3) is 0 Å². The largest absolute Gasteiger partial charge is 0.443 e. The number of ether oxygens (including phenoxy) is 2. The van der Waals surface area contributed by atoms with Gasteiger partial charge in [0.1, 0.15) is 11.2 Å². The number of amides is 2. The van der Waals surface area contributed by atoms with Gasteiger partial charge < -0.3 is 9.47 Å². The Kier molecular flexibility index (Phi) is 8.59. The Morgan fingerprint density at radius 2 is 1.56 bits per heavy atom. The van der Waals surface area contributed by atoms with Crippen molar-refractivity contribution in [2.75, 3.05) is 6.26 Å². The van der Waals surface area contributed by atoms with Crippen LogP contribution in [0.1, 0.15) is 47.1 Å². The van der Waals surface area contributed by atoms with Crippen molar-refractivity contribution in [1.29, 1.82) is 0 Å². The maximum Gasteiger partial charge on any atom is 0.436 e. The zero-order chi connectivity index (χ0) is 20.8. The molecule has 0 radical (unpaired) electrons. The summed E-state index contributed by atoms with van der Waals surface area (Å²) >= 11 is 3.40. The Labute approximate surface area is 179 Å². The lowest BCUT2D eigenvalue weighted by Gasteiger charge is -2.27. The van der Waals surface area contributed by atoms with Crippen LogP contribution in [-0.4, -0.2) is 39.7 Å². The summed E-state index contributed by atoms with van der Waals surface area (Å²) in [5.74, 6) is 0. The van der Waals surface area contributed by atoms with Gasteiger partial charge in [-0.3, -0.25) is 4.90 Å². The number of hydrogen-bond donors (Lipinski definition) is 0. The monoisotopic (exact) mass is 506 g/mol. The van der Waals surface area contributed by atoms with Gasteiger partial charge in [0.05, 0.1) is 6.54 Å². The molecule has 6 nitrogen and oxygen atoms in total. The van der Waals surface area contributed by atoms with Crippen molar-refractivity contribution < 1.29 is 19.1 Å². The molecule has 0 spiro atoms. The van der Waals surface area contributed by atoms with E-state index in [0.717, 1.165) is 9.13 Å². The smallest absolute Gasteiger partial charge is 0.436 e. The van der Waals surface area contributed by atoms with Gasteiger partial charge >= 0.3 is 12.2 Å². The van der Waals surface area contributed by atoms with Crippen LogP contribution in [0.4, 0.5) is 9.59 Å². The molecule has 0 aliphatic heterocycles. The second-order valence-electron chi connectivity index (χ2n) is 7.77. The van der Waals surface area contributed by atoms with Crippen LogP contribution in [0.15, 0.2) is 29.3 Å². The van der Waals surface area contributed by atoms with E-state index < -0.39 is 23.4 Å². The average Bonchev–Trinajstić information content (AvgIpc) is 2.49. The molecule has 0 N–H and O–H groups in total. The number of hydrogen-bond acceptors (Lipinski definition) is 5. The van der Waals surface area contributed by atoms with Crippen molar-refractivity contribution in [2.45, 2.75) is 59.3 Å². The van der Waals surface area contributed by atoms with Crippen molar-refractivity contribution in [2.24, 2.45) is 4.99 Å². The fraction of sp³-hybridized carbons (Fsp3) is 0.526. The fourth-order valence-corrected chi connectivity index (χ4v) is 2.76. The van der Waals surface area contributed by atoms with Gasteiger partial charge in [-0.25, -0.2) is 9.59 Å². The summed E-state index contributed by atoms with van der Waals surface area (Å²) in [4.78, 5) is 30.2. The van der Waals surface area contributed by atoms with Crippen LogP contribution in [-0.2, 0) is 16.0 Å². The predicted octanol–water partition coefficient (Wildman–Crippen LogP) is 5.68. The van der Waals surface area contributed by atoms with Crippen LogP contribution >= 0.6 is 34.4 Å². The highest BCUT2D eigenvalue weighted by atomic mass is 127. The van der Waals surface area contributed by atoms with E-state index in [9.17, 15) is 9.59 Å². The zero-order valence-corrected chi connectivity index (χ0v) is 19.8. The van der Waals surface area contributed by atoms with E-state index in [0.29, 0.717) is 0 Å². The second kappa shape index (κ2) is 9.77. The van der Waals surface area contributed by atoms with Crippen LogP contribution < -0.4 is 0 Å².